The number of anilines is 3. The van der Waals surface area contributed by atoms with Gasteiger partial charge in [-0.2, -0.15) is 0 Å². The summed E-state index contributed by atoms with van der Waals surface area (Å²) in [5.74, 6) is 0. The molecule has 0 aromatic heterocycles. The predicted molar refractivity (Wildman–Crippen MR) is 232 cm³/mol. The fraction of sp³-hybridized carbons (Fsp3) is 0.132. The van der Waals surface area contributed by atoms with Crippen molar-refractivity contribution in [3.05, 3.63) is 198 Å². The zero-order valence-electron chi connectivity index (χ0n) is 31.8. The lowest BCUT2D eigenvalue weighted by molar-refractivity contribution is 0.660. The molecule has 9 rings (SSSR count). The molecule has 0 amide bonds. The number of allylic oxidation sites excluding steroid dienone is 1. The standard InChI is InChI=1S/C53H45N/c1-7-14-38-26-32-48-51(43(38)8-2)46-30-25-39(33-49(46)53(48,5)6)37-21-19-35(20-22-37)36-23-27-41(28-24-36)54(40-15-10-9-11-16-40)42-29-31-45-44-17-12-13-18-47(44)52(3,4)50(45)34-42/h7-34H,2H2,1,3-6H3/b14-7-. The molecule has 7 aromatic rings. The Morgan fingerprint density at radius 3 is 1.70 bits per heavy atom. The zero-order chi connectivity index (χ0) is 37.2. The van der Waals surface area contributed by atoms with Gasteiger partial charge in [-0.15, -0.1) is 0 Å². The third-order valence-electron chi connectivity index (χ3n) is 12.0. The van der Waals surface area contributed by atoms with E-state index < -0.39 is 0 Å². The van der Waals surface area contributed by atoms with Crippen molar-refractivity contribution in [3.63, 3.8) is 0 Å². The summed E-state index contributed by atoms with van der Waals surface area (Å²) in [6, 6.07) is 56.1. The molecule has 0 atom stereocenters. The van der Waals surface area contributed by atoms with E-state index in [-0.39, 0.29) is 10.8 Å². The third-order valence-corrected chi connectivity index (χ3v) is 12.0. The summed E-state index contributed by atoms with van der Waals surface area (Å²) in [6.45, 7) is 15.7. The van der Waals surface area contributed by atoms with E-state index in [9.17, 15) is 0 Å². The van der Waals surface area contributed by atoms with Crippen LogP contribution in [0.2, 0.25) is 0 Å². The van der Waals surface area contributed by atoms with Gasteiger partial charge in [0.05, 0.1) is 0 Å². The molecule has 1 heteroatoms. The van der Waals surface area contributed by atoms with Gasteiger partial charge in [0.15, 0.2) is 0 Å². The molecule has 54 heavy (non-hydrogen) atoms. The number of para-hydroxylation sites is 1. The van der Waals surface area contributed by atoms with Crippen LogP contribution in [0.4, 0.5) is 17.1 Å². The normalized spacial score (nSPS) is 14.3. The number of fused-ring (bicyclic) bond motifs is 6. The lowest BCUT2D eigenvalue weighted by atomic mass is 9.81. The third kappa shape index (κ3) is 5.22. The number of rotatable bonds is 7. The molecule has 2 aliphatic carbocycles. The molecule has 0 radical (unpaired) electrons. The largest absolute Gasteiger partial charge is 0.310 e. The van der Waals surface area contributed by atoms with Crippen LogP contribution < -0.4 is 4.90 Å². The summed E-state index contributed by atoms with van der Waals surface area (Å²) in [4.78, 5) is 2.37. The first-order valence-electron chi connectivity index (χ1n) is 19.1. The minimum absolute atomic E-state index is 0.0630. The summed E-state index contributed by atoms with van der Waals surface area (Å²) < 4.78 is 0. The highest BCUT2D eigenvalue weighted by Gasteiger charge is 2.38. The van der Waals surface area contributed by atoms with Gasteiger partial charge in [0.1, 0.15) is 0 Å². The number of hydrogen-bond donors (Lipinski definition) is 0. The van der Waals surface area contributed by atoms with Crippen LogP contribution in [0, 0.1) is 0 Å². The lowest BCUT2D eigenvalue weighted by Gasteiger charge is -2.28. The fourth-order valence-electron chi connectivity index (χ4n) is 9.11. The van der Waals surface area contributed by atoms with Crippen LogP contribution in [0.3, 0.4) is 0 Å². The average Bonchev–Trinajstić information content (AvgIpc) is 3.58. The fourth-order valence-corrected chi connectivity index (χ4v) is 9.11. The van der Waals surface area contributed by atoms with Gasteiger partial charge in [-0.25, -0.2) is 0 Å². The molecule has 0 fully saturated rings. The lowest BCUT2D eigenvalue weighted by Crippen LogP contribution is -2.16. The van der Waals surface area contributed by atoms with Gasteiger partial charge in [0.2, 0.25) is 0 Å². The Hall–Kier alpha value is -6.18. The van der Waals surface area contributed by atoms with Crippen molar-refractivity contribution in [2.24, 2.45) is 0 Å². The van der Waals surface area contributed by atoms with Crippen LogP contribution in [0.1, 0.15) is 68.0 Å². The topological polar surface area (TPSA) is 3.24 Å². The molecule has 0 spiro atoms. The van der Waals surface area contributed by atoms with Crippen molar-refractivity contribution in [3.8, 4) is 44.5 Å². The second-order valence-electron chi connectivity index (χ2n) is 15.8. The Kier molecular flexibility index (Phi) is 7.94. The summed E-state index contributed by atoms with van der Waals surface area (Å²) in [5.41, 5.74) is 21.4. The van der Waals surface area contributed by atoms with Crippen molar-refractivity contribution in [1.29, 1.82) is 0 Å². The molecule has 0 unspecified atom stereocenters. The minimum atomic E-state index is -0.0940. The van der Waals surface area contributed by atoms with E-state index in [0.29, 0.717) is 0 Å². The van der Waals surface area contributed by atoms with E-state index in [1.165, 1.54) is 77.9 Å². The van der Waals surface area contributed by atoms with Gasteiger partial charge >= 0.3 is 0 Å². The summed E-state index contributed by atoms with van der Waals surface area (Å²) in [5, 5.41) is 0. The first-order chi connectivity index (χ1) is 26.2. The molecule has 2 aliphatic rings. The van der Waals surface area contributed by atoms with Gasteiger partial charge in [0, 0.05) is 27.9 Å². The van der Waals surface area contributed by atoms with E-state index in [1.54, 1.807) is 0 Å². The molecule has 0 heterocycles. The summed E-state index contributed by atoms with van der Waals surface area (Å²) >= 11 is 0. The van der Waals surface area contributed by atoms with Crippen LogP contribution in [0.15, 0.2) is 164 Å². The van der Waals surface area contributed by atoms with Crippen LogP contribution in [-0.4, -0.2) is 0 Å². The summed E-state index contributed by atoms with van der Waals surface area (Å²) in [7, 11) is 0. The van der Waals surface area contributed by atoms with Gasteiger partial charge in [-0.05, 0) is 127 Å². The monoisotopic (exact) mass is 695 g/mol. The molecule has 0 bridgehead atoms. The molecule has 0 saturated carbocycles. The van der Waals surface area contributed by atoms with Crippen LogP contribution in [0.5, 0.6) is 0 Å². The summed E-state index contributed by atoms with van der Waals surface area (Å²) in [6.07, 6.45) is 6.30. The highest BCUT2D eigenvalue weighted by atomic mass is 15.1. The molecular formula is C53H45N. The van der Waals surface area contributed by atoms with Gasteiger partial charge in [0.25, 0.3) is 0 Å². The Labute approximate surface area is 320 Å². The molecule has 7 aromatic carbocycles. The maximum Gasteiger partial charge on any atom is 0.0465 e. The Morgan fingerprint density at radius 2 is 1.00 bits per heavy atom. The van der Waals surface area contributed by atoms with Crippen molar-refractivity contribution < 1.29 is 0 Å². The minimum Gasteiger partial charge on any atom is -0.310 e. The first-order valence-corrected chi connectivity index (χ1v) is 19.1. The van der Waals surface area contributed by atoms with E-state index in [1.807, 2.05) is 6.08 Å². The quantitative estimate of drug-likeness (QED) is 0.160. The molecule has 0 aliphatic heterocycles. The van der Waals surface area contributed by atoms with Crippen LogP contribution in [-0.2, 0) is 10.8 Å². The maximum absolute atomic E-state index is 4.20. The van der Waals surface area contributed by atoms with Crippen molar-refractivity contribution in [2.75, 3.05) is 4.90 Å². The second-order valence-corrected chi connectivity index (χ2v) is 15.8. The SMILES string of the molecule is C=Cc1c(/C=C\C)ccc2c1-c1ccc(-c3ccc(-c4ccc(N(c5ccccc5)c5ccc6c(c5)C(C)(C)c5ccccc5-6)cc4)cc3)cc1C2(C)C. The highest BCUT2D eigenvalue weighted by Crippen LogP contribution is 2.53. The van der Waals surface area contributed by atoms with E-state index in [2.05, 4.69) is 210 Å². The number of nitrogens with zero attached hydrogens (tertiary/aromatic N) is 1. The van der Waals surface area contributed by atoms with Gasteiger partial charge < -0.3 is 4.90 Å². The predicted octanol–water partition coefficient (Wildman–Crippen LogP) is 14.8. The second kappa shape index (κ2) is 12.7. The number of benzene rings is 7. The Bertz CT molecular complexity index is 2600. The van der Waals surface area contributed by atoms with Crippen molar-refractivity contribution in [2.45, 2.75) is 45.4 Å². The zero-order valence-corrected chi connectivity index (χ0v) is 31.8. The molecular weight excluding hydrogens is 651 g/mol. The highest BCUT2D eigenvalue weighted by molar-refractivity contribution is 5.92. The molecule has 262 valence electrons. The van der Waals surface area contributed by atoms with E-state index in [0.717, 1.165) is 17.1 Å². The van der Waals surface area contributed by atoms with Crippen molar-refractivity contribution in [1.82, 2.24) is 0 Å². The smallest absolute Gasteiger partial charge is 0.0465 e. The Balaban J connectivity index is 1.02. The van der Waals surface area contributed by atoms with Crippen LogP contribution in [0.25, 0.3) is 56.7 Å². The van der Waals surface area contributed by atoms with Gasteiger partial charge in [-0.1, -0.05) is 162 Å². The van der Waals surface area contributed by atoms with Crippen LogP contribution >= 0.6 is 0 Å². The average molecular weight is 696 g/mol. The van der Waals surface area contributed by atoms with E-state index >= 15 is 0 Å². The van der Waals surface area contributed by atoms with Crippen molar-refractivity contribution >= 4 is 29.2 Å². The maximum atomic E-state index is 4.20. The van der Waals surface area contributed by atoms with Gasteiger partial charge in [-0.3, -0.25) is 0 Å². The molecule has 0 saturated heterocycles. The molecule has 1 nitrogen and oxygen atoms in total. The van der Waals surface area contributed by atoms with E-state index in [4.69, 9.17) is 0 Å². The molecule has 0 N–H and O–H groups in total. The first kappa shape index (κ1) is 33.6. The Morgan fingerprint density at radius 1 is 0.463 bits per heavy atom. The number of hydrogen-bond acceptors (Lipinski definition) is 1.